The van der Waals surface area contributed by atoms with E-state index in [2.05, 4.69) is 4.98 Å². The van der Waals surface area contributed by atoms with E-state index in [1.165, 1.54) is 0 Å². The molecular weight excluding hydrogens is 330 g/mol. The average Bonchev–Trinajstić information content (AvgIpc) is 3.09. The van der Waals surface area contributed by atoms with Gasteiger partial charge in [0.2, 0.25) is 0 Å². The van der Waals surface area contributed by atoms with Crippen molar-refractivity contribution in [2.75, 3.05) is 36.0 Å². The maximum atomic E-state index is 12.8. The molecule has 0 aromatic carbocycles. The van der Waals surface area contributed by atoms with Crippen molar-refractivity contribution in [2.24, 2.45) is 0 Å². The van der Waals surface area contributed by atoms with Gasteiger partial charge in [-0.1, -0.05) is 6.07 Å². The minimum atomic E-state index is -0.221. The Morgan fingerprint density at radius 3 is 1.42 bits per heavy atom. The molecule has 0 atom stereocenters. The van der Waals surface area contributed by atoms with E-state index in [1.807, 2.05) is 69.5 Å². The number of aromatic nitrogens is 1. The summed E-state index contributed by atoms with van der Waals surface area (Å²) in [5.74, 6) is 1.20. The quantitative estimate of drug-likeness (QED) is 0.815. The topological polar surface area (TPSA) is 60.0 Å². The molecule has 3 rings (SSSR count). The van der Waals surface area contributed by atoms with Gasteiger partial charge in [0.1, 0.15) is 11.6 Å². The highest BCUT2D eigenvalue weighted by atomic mass is 16.2. The molecule has 1 aromatic heterocycles. The van der Waals surface area contributed by atoms with Crippen LogP contribution in [0.15, 0.2) is 18.2 Å². The number of anilines is 2. The molecule has 7 nitrogen and oxygen atoms in total. The molecule has 2 saturated heterocycles. The SMILES string of the molecule is CC(C)(C)N1CCN(c2cccc(N3CCN(C(C)(C)C)C3=O)n2)C1=O. The molecule has 7 heteroatoms. The minimum absolute atomic E-state index is 0.0359. The monoisotopic (exact) mass is 359 g/mol. The lowest BCUT2D eigenvalue weighted by Crippen LogP contribution is -2.44. The second kappa shape index (κ2) is 6.14. The molecule has 0 unspecified atom stereocenters. The fourth-order valence-electron chi connectivity index (χ4n) is 3.46. The lowest BCUT2D eigenvalue weighted by molar-refractivity contribution is 0.172. The summed E-state index contributed by atoms with van der Waals surface area (Å²) in [4.78, 5) is 37.2. The number of nitrogens with zero attached hydrogens (tertiary/aromatic N) is 5. The van der Waals surface area contributed by atoms with Gasteiger partial charge in [-0.2, -0.15) is 0 Å². The van der Waals surface area contributed by atoms with Crippen molar-refractivity contribution in [1.82, 2.24) is 14.8 Å². The molecular formula is C19H29N5O2. The normalized spacial score (nSPS) is 19.2. The van der Waals surface area contributed by atoms with Gasteiger partial charge in [-0.15, -0.1) is 0 Å². The third-order valence-corrected chi connectivity index (χ3v) is 4.91. The van der Waals surface area contributed by atoms with E-state index >= 15 is 0 Å². The molecule has 0 saturated carbocycles. The molecule has 2 aliphatic heterocycles. The minimum Gasteiger partial charge on any atom is -0.318 e. The second-order valence-electron chi connectivity index (χ2n) is 8.87. The summed E-state index contributed by atoms with van der Waals surface area (Å²) in [5.41, 5.74) is -0.441. The van der Waals surface area contributed by atoms with Gasteiger partial charge >= 0.3 is 12.1 Å². The van der Waals surface area contributed by atoms with Crippen LogP contribution in [0.3, 0.4) is 0 Å². The maximum Gasteiger partial charge on any atom is 0.326 e. The molecule has 4 amide bonds. The van der Waals surface area contributed by atoms with Crippen LogP contribution in [-0.2, 0) is 0 Å². The zero-order valence-corrected chi connectivity index (χ0v) is 16.6. The number of pyridine rings is 1. The van der Waals surface area contributed by atoms with Crippen molar-refractivity contribution < 1.29 is 9.59 Å². The Hall–Kier alpha value is -2.31. The van der Waals surface area contributed by atoms with Crippen LogP contribution in [0, 0.1) is 0 Å². The summed E-state index contributed by atoms with van der Waals surface area (Å²) in [7, 11) is 0. The molecule has 0 bridgehead atoms. The fraction of sp³-hybridized carbons (Fsp3) is 0.632. The van der Waals surface area contributed by atoms with Crippen LogP contribution in [0.25, 0.3) is 0 Å². The highest BCUT2D eigenvalue weighted by Gasteiger charge is 2.39. The number of urea groups is 2. The van der Waals surface area contributed by atoms with Crippen LogP contribution in [-0.4, -0.2) is 64.1 Å². The van der Waals surface area contributed by atoms with Crippen molar-refractivity contribution >= 4 is 23.7 Å². The van der Waals surface area contributed by atoms with Gasteiger partial charge in [0.25, 0.3) is 0 Å². The zero-order valence-electron chi connectivity index (χ0n) is 16.6. The third kappa shape index (κ3) is 3.22. The van der Waals surface area contributed by atoms with Crippen LogP contribution in [0.2, 0.25) is 0 Å². The molecule has 0 aliphatic carbocycles. The van der Waals surface area contributed by atoms with Crippen molar-refractivity contribution in [1.29, 1.82) is 0 Å². The first kappa shape index (κ1) is 18.5. The summed E-state index contributed by atoms with van der Waals surface area (Å²) in [6, 6.07) is 5.45. The van der Waals surface area contributed by atoms with Gasteiger partial charge in [0, 0.05) is 37.3 Å². The lowest BCUT2D eigenvalue weighted by Gasteiger charge is -2.31. The van der Waals surface area contributed by atoms with E-state index in [1.54, 1.807) is 9.80 Å². The zero-order chi connectivity index (χ0) is 19.3. The molecule has 0 N–H and O–H groups in total. The first-order chi connectivity index (χ1) is 12.0. The van der Waals surface area contributed by atoms with E-state index in [9.17, 15) is 9.59 Å². The number of hydrogen-bond acceptors (Lipinski definition) is 3. The Labute approximate surface area is 155 Å². The smallest absolute Gasteiger partial charge is 0.318 e. The van der Waals surface area contributed by atoms with Crippen LogP contribution < -0.4 is 9.80 Å². The molecule has 142 valence electrons. The fourth-order valence-corrected chi connectivity index (χ4v) is 3.46. The van der Waals surface area contributed by atoms with Gasteiger partial charge in [0.05, 0.1) is 0 Å². The Bertz CT molecular complexity index is 662. The number of amides is 4. The highest BCUT2D eigenvalue weighted by Crippen LogP contribution is 2.28. The van der Waals surface area contributed by atoms with E-state index in [0.29, 0.717) is 37.8 Å². The van der Waals surface area contributed by atoms with Crippen LogP contribution in [0.4, 0.5) is 21.2 Å². The Balaban J connectivity index is 1.82. The Morgan fingerprint density at radius 1 is 0.731 bits per heavy atom. The van der Waals surface area contributed by atoms with Crippen molar-refractivity contribution in [2.45, 2.75) is 52.6 Å². The summed E-state index contributed by atoms with van der Waals surface area (Å²) in [5, 5.41) is 0. The number of carbonyl (C=O) groups is 2. The first-order valence-electron chi connectivity index (χ1n) is 9.15. The Kier molecular flexibility index (Phi) is 4.37. The molecule has 3 heterocycles. The standard InChI is InChI=1S/C19H29N5O2/c1-18(2,3)23-12-10-21(16(23)25)14-8-7-9-15(20-14)22-11-13-24(17(22)26)19(4,5)6/h7-9H,10-13H2,1-6H3. The predicted octanol–water partition coefficient (Wildman–Crippen LogP) is 3.16. The summed E-state index contributed by atoms with van der Waals surface area (Å²) in [6.45, 7) is 14.7. The van der Waals surface area contributed by atoms with Crippen LogP contribution in [0.1, 0.15) is 41.5 Å². The lowest BCUT2D eigenvalue weighted by atomic mass is 10.1. The van der Waals surface area contributed by atoms with Crippen LogP contribution >= 0.6 is 0 Å². The first-order valence-corrected chi connectivity index (χ1v) is 9.15. The summed E-state index contributed by atoms with van der Waals surface area (Å²) >= 11 is 0. The van der Waals surface area contributed by atoms with Gasteiger partial charge in [-0.3, -0.25) is 9.80 Å². The maximum absolute atomic E-state index is 12.8. The molecule has 0 spiro atoms. The molecule has 0 radical (unpaired) electrons. The van der Waals surface area contributed by atoms with E-state index < -0.39 is 0 Å². The summed E-state index contributed by atoms with van der Waals surface area (Å²) < 4.78 is 0. The largest absolute Gasteiger partial charge is 0.326 e. The van der Waals surface area contributed by atoms with E-state index in [0.717, 1.165) is 0 Å². The van der Waals surface area contributed by atoms with Gasteiger partial charge in [-0.05, 0) is 53.7 Å². The average molecular weight is 359 g/mol. The third-order valence-electron chi connectivity index (χ3n) is 4.91. The number of hydrogen-bond donors (Lipinski definition) is 0. The number of carbonyl (C=O) groups excluding carboxylic acids is 2. The van der Waals surface area contributed by atoms with E-state index in [-0.39, 0.29) is 23.1 Å². The molecule has 26 heavy (non-hydrogen) atoms. The second-order valence-corrected chi connectivity index (χ2v) is 8.87. The van der Waals surface area contributed by atoms with E-state index in [4.69, 9.17) is 0 Å². The number of rotatable bonds is 2. The van der Waals surface area contributed by atoms with Gasteiger partial charge < -0.3 is 9.80 Å². The molecule has 1 aromatic rings. The highest BCUT2D eigenvalue weighted by molar-refractivity contribution is 5.96. The van der Waals surface area contributed by atoms with Gasteiger partial charge in [0.15, 0.2) is 0 Å². The van der Waals surface area contributed by atoms with Crippen molar-refractivity contribution in [3.8, 4) is 0 Å². The van der Waals surface area contributed by atoms with Crippen molar-refractivity contribution in [3.05, 3.63) is 18.2 Å². The van der Waals surface area contributed by atoms with Crippen molar-refractivity contribution in [3.63, 3.8) is 0 Å². The van der Waals surface area contributed by atoms with Crippen LogP contribution in [0.5, 0.6) is 0 Å². The molecule has 2 aliphatic rings. The summed E-state index contributed by atoms with van der Waals surface area (Å²) in [6.07, 6.45) is 0. The van der Waals surface area contributed by atoms with Gasteiger partial charge in [-0.25, -0.2) is 14.6 Å². The Morgan fingerprint density at radius 2 is 1.12 bits per heavy atom. The predicted molar refractivity (Wildman–Crippen MR) is 103 cm³/mol. The molecule has 2 fully saturated rings.